The first-order valence-corrected chi connectivity index (χ1v) is 8.02. The molecule has 0 saturated heterocycles. The van der Waals surface area contributed by atoms with E-state index in [1.807, 2.05) is 35.2 Å². The summed E-state index contributed by atoms with van der Waals surface area (Å²) in [5.74, 6) is 0.870. The molecule has 1 fully saturated rings. The van der Waals surface area contributed by atoms with Crippen molar-refractivity contribution in [2.24, 2.45) is 0 Å². The van der Waals surface area contributed by atoms with Gasteiger partial charge in [-0.3, -0.25) is 4.79 Å². The molecule has 3 rings (SSSR count). The summed E-state index contributed by atoms with van der Waals surface area (Å²) >= 11 is 1.57. The van der Waals surface area contributed by atoms with E-state index in [1.54, 1.807) is 17.5 Å². The predicted molar refractivity (Wildman–Crippen MR) is 81.2 cm³/mol. The summed E-state index contributed by atoms with van der Waals surface area (Å²) in [6.07, 6.45) is 5.09. The summed E-state index contributed by atoms with van der Waals surface area (Å²) in [6, 6.07) is 3.71. The van der Waals surface area contributed by atoms with Crippen molar-refractivity contribution in [2.45, 2.75) is 44.4 Å². The van der Waals surface area contributed by atoms with Crippen LogP contribution in [-0.4, -0.2) is 32.7 Å². The van der Waals surface area contributed by atoms with Crippen molar-refractivity contribution in [3.05, 3.63) is 40.6 Å². The molecule has 2 heterocycles. The molecule has 2 aromatic heterocycles. The Kier molecular flexibility index (Phi) is 4.07. The molecule has 2 aromatic rings. The predicted octanol–water partition coefficient (Wildman–Crippen LogP) is 1.68. The zero-order valence-corrected chi connectivity index (χ0v) is 12.7. The number of thiophene rings is 1. The fourth-order valence-corrected chi connectivity index (χ4v) is 3.69. The normalized spacial score (nSPS) is 25.1. The van der Waals surface area contributed by atoms with E-state index in [9.17, 15) is 9.90 Å². The first-order valence-electron chi connectivity index (χ1n) is 7.14. The van der Waals surface area contributed by atoms with Crippen molar-refractivity contribution in [1.82, 2.24) is 14.9 Å². The van der Waals surface area contributed by atoms with E-state index >= 15 is 0 Å². The monoisotopic (exact) mass is 305 g/mol. The Morgan fingerprint density at radius 2 is 2.43 bits per heavy atom. The van der Waals surface area contributed by atoms with E-state index in [-0.39, 0.29) is 18.0 Å². The van der Waals surface area contributed by atoms with E-state index in [2.05, 4.69) is 10.3 Å². The van der Waals surface area contributed by atoms with Crippen molar-refractivity contribution >= 4 is 17.2 Å². The largest absolute Gasteiger partial charge is 0.389 e. The van der Waals surface area contributed by atoms with E-state index in [1.165, 1.54) is 0 Å². The molecule has 21 heavy (non-hydrogen) atoms. The minimum absolute atomic E-state index is 0.000428. The lowest BCUT2D eigenvalue weighted by atomic mass is 10.1. The third-order valence-electron chi connectivity index (χ3n) is 4.06. The molecule has 0 bridgehead atoms. The molecule has 5 nitrogen and oxygen atoms in total. The van der Waals surface area contributed by atoms with Crippen molar-refractivity contribution < 1.29 is 9.90 Å². The lowest BCUT2D eigenvalue weighted by molar-refractivity contribution is -0.121. The van der Waals surface area contributed by atoms with Gasteiger partial charge in [0.05, 0.1) is 24.6 Å². The van der Waals surface area contributed by atoms with E-state index < -0.39 is 6.10 Å². The van der Waals surface area contributed by atoms with Crippen LogP contribution in [0.2, 0.25) is 0 Å². The maximum absolute atomic E-state index is 12.0. The Labute approximate surface area is 127 Å². The molecule has 1 saturated carbocycles. The lowest BCUT2D eigenvalue weighted by Crippen LogP contribution is -2.42. The van der Waals surface area contributed by atoms with Gasteiger partial charge >= 0.3 is 0 Å². The number of carbonyl (C=O) groups is 1. The van der Waals surface area contributed by atoms with Crippen LogP contribution >= 0.6 is 11.3 Å². The first kappa shape index (κ1) is 14.3. The minimum Gasteiger partial charge on any atom is -0.389 e. The molecular weight excluding hydrogens is 286 g/mol. The first-order chi connectivity index (χ1) is 10.1. The van der Waals surface area contributed by atoms with Crippen molar-refractivity contribution in [2.75, 3.05) is 0 Å². The van der Waals surface area contributed by atoms with Gasteiger partial charge in [-0.25, -0.2) is 4.98 Å². The Hall–Kier alpha value is -1.66. The summed E-state index contributed by atoms with van der Waals surface area (Å²) in [5.41, 5.74) is 0. The van der Waals surface area contributed by atoms with Gasteiger partial charge in [-0.1, -0.05) is 6.07 Å². The van der Waals surface area contributed by atoms with Gasteiger partial charge in [0.1, 0.15) is 5.82 Å². The van der Waals surface area contributed by atoms with Gasteiger partial charge in [-0.2, -0.15) is 0 Å². The Balaban J connectivity index is 1.60. The summed E-state index contributed by atoms with van der Waals surface area (Å²) in [7, 11) is 0. The Morgan fingerprint density at radius 3 is 3.10 bits per heavy atom. The Morgan fingerprint density at radius 1 is 1.57 bits per heavy atom. The number of imidazole rings is 1. The number of aliphatic hydroxyl groups excluding tert-OH is 1. The quantitative estimate of drug-likeness (QED) is 0.903. The van der Waals surface area contributed by atoms with Gasteiger partial charge in [0.15, 0.2) is 0 Å². The average molecular weight is 305 g/mol. The summed E-state index contributed by atoms with van der Waals surface area (Å²) < 4.78 is 2.00. The third-order valence-corrected chi connectivity index (χ3v) is 4.94. The number of carbonyl (C=O) groups excluding carboxylic acids is 1. The highest BCUT2D eigenvalue weighted by atomic mass is 32.1. The zero-order chi connectivity index (χ0) is 14.8. The molecule has 0 radical (unpaired) electrons. The number of nitrogens with zero attached hydrogens (tertiary/aromatic N) is 2. The third kappa shape index (κ3) is 3.01. The lowest BCUT2D eigenvalue weighted by Gasteiger charge is -2.22. The second kappa shape index (κ2) is 5.99. The van der Waals surface area contributed by atoms with Gasteiger partial charge in [-0.05, 0) is 31.2 Å². The fourth-order valence-electron chi connectivity index (χ4n) is 2.99. The number of aryl methyl sites for hydroxylation is 1. The number of aromatic nitrogens is 2. The molecule has 0 unspecified atom stereocenters. The summed E-state index contributed by atoms with van der Waals surface area (Å²) in [6.45, 7) is 1.93. The van der Waals surface area contributed by atoms with Crippen molar-refractivity contribution in [1.29, 1.82) is 0 Å². The molecule has 3 atom stereocenters. The molecule has 6 heteroatoms. The van der Waals surface area contributed by atoms with Crippen LogP contribution in [-0.2, 0) is 11.2 Å². The number of rotatable bonds is 4. The van der Waals surface area contributed by atoms with Gasteiger partial charge in [-0.15, -0.1) is 11.3 Å². The number of amides is 1. The molecular formula is C15H19N3O2S. The topological polar surface area (TPSA) is 67.2 Å². The van der Waals surface area contributed by atoms with Crippen LogP contribution in [0.15, 0.2) is 29.9 Å². The molecule has 0 spiro atoms. The van der Waals surface area contributed by atoms with Crippen LogP contribution in [0.5, 0.6) is 0 Å². The van der Waals surface area contributed by atoms with Gasteiger partial charge in [0.2, 0.25) is 5.91 Å². The standard InChI is InChI=1S/C15H19N3O2S/c1-10-16-6-7-18(10)13-5-4-12(15(13)20)17-14(19)9-11-3-2-8-21-11/h2-3,6-8,12-13,15,20H,4-5,9H2,1H3,(H,17,19)/t12-,13-,15-/m1/s1. The van der Waals surface area contributed by atoms with Crippen LogP contribution in [0.3, 0.4) is 0 Å². The maximum atomic E-state index is 12.0. The number of hydrogen-bond acceptors (Lipinski definition) is 4. The zero-order valence-electron chi connectivity index (χ0n) is 11.9. The van der Waals surface area contributed by atoms with Crippen LogP contribution < -0.4 is 5.32 Å². The SMILES string of the molecule is Cc1nccn1[C@@H]1CC[C@@H](NC(=O)Cc2cccs2)[C@H]1O. The van der Waals surface area contributed by atoms with Gasteiger partial charge in [0, 0.05) is 17.3 Å². The van der Waals surface area contributed by atoms with Crippen LogP contribution in [0.4, 0.5) is 0 Å². The van der Waals surface area contributed by atoms with E-state index in [0.29, 0.717) is 6.42 Å². The highest BCUT2D eigenvalue weighted by Crippen LogP contribution is 2.31. The number of aliphatic hydroxyl groups is 1. The number of hydrogen-bond donors (Lipinski definition) is 2. The van der Waals surface area contributed by atoms with E-state index in [4.69, 9.17) is 0 Å². The molecule has 1 aliphatic rings. The number of nitrogens with one attached hydrogen (secondary N) is 1. The Bertz CT molecular complexity index is 608. The van der Waals surface area contributed by atoms with Gasteiger partial charge < -0.3 is 15.0 Å². The minimum atomic E-state index is -0.565. The molecule has 1 amide bonds. The summed E-state index contributed by atoms with van der Waals surface area (Å²) in [5, 5.41) is 15.4. The smallest absolute Gasteiger partial charge is 0.225 e. The van der Waals surface area contributed by atoms with Crippen molar-refractivity contribution in [3.8, 4) is 0 Å². The van der Waals surface area contributed by atoms with Crippen LogP contribution in [0.1, 0.15) is 29.6 Å². The van der Waals surface area contributed by atoms with E-state index in [0.717, 1.165) is 23.5 Å². The second-order valence-corrected chi connectivity index (χ2v) is 6.48. The second-order valence-electron chi connectivity index (χ2n) is 5.45. The highest BCUT2D eigenvalue weighted by Gasteiger charge is 2.37. The molecule has 112 valence electrons. The van der Waals surface area contributed by atoms with Gasteiger partial charge in [0.25, 0.3) is 0 Å². The maximum Gasteiger partial charge on any atom is 0.225 e. The highest BCUT2D eigenvalue weighted by molar-refractivity contribution is 7.10. The fraction of sp³-hybridized carbons (Fsp3) is 0.467. The molecule has 1 aliphatic carbocycles. The molecule has 2 N–H and O–H groups in total. The summed E-state index contributed by atoms with van der Waals surface area (Å²) in [4.78, 5) is 17.3. The average Bonchev–Trinajstić information content (AvgIpc) is 3.15. The van der Waals surface area contributed by atoms with Crippen molar-refractivity contribution in [3.63, 3.8) is 0 Å². The molecule has 0 aliphatic heterocycles. The van der Waals surface area contributed by atoms with Crippen LogP contribution in [0, 0.1) is 6.92 Å². The molecule has 0 aromatic carbocycles. The van der Waals surface area contributed by atoms with Crippen LogP contribution in [0.25, 0.3) is 0 Å².